The number of rotatable bonds is 5. The first-order valence-corrected chi connectivity index (χ1v) is 7.08. The second-order valence-corrected chi connectivity index (χ2v) is 5.05. The van der Waals surface area contributed by atoms with E-state index in [2.05, 4.69) is 16.8 Å². The van der Waals surface area contributed by atoms with Crippen molar-refractivity contribution in [2.75, 3.05) is 40.4 Å². The second kappa shape index (κ2) is 10.2. The fraction of sp³-hybridized carbons (Fsp3) is 0.467. The van der Waals surface area contributed by atoms with Crippen LogP contribution in [0.5, 0.6) is 11.5 Å². The molecule has 7 heteroatoms. The van der Waals surface area contributed by atoms with Gasteiger partial charge in [-0.25, -0.2) is 0 Å². The molecule has 0 aliphatic carbocycles. The maximum Gasteiger partial charge on any atom is 0.179 e. The molecule has 0 spiro atoms. The number of benzene rings is 1. The maximum atomic E-state index is 6.49. The smallest absolute Gasteiger partial charge is 0.179 e. The Bertz CT molecular complexity index is 480. The summed E-state index contributed by atoms with van der Waals surface area (Å²) < 4.78 is 10.6. The van der Waals surface area contributed by atoms with E-state index in [0.29, 0.717) is 16.5 Å². The Hall–Kier alpha value is -0.650. The van der Waals surface area contributed by atoms with Crippen LogP contribution in [0.4, 0.5) is 0 Å². The zero-order valence-electron chi connectivity index (χ0n) is 12.8. The SMILES string of the molecule is C=C[C@H](c1ccc(OC)c(OC)c1Cl)N1CCNCC1.Cl.Cl. The van der Waals surface area contributed by atoms with E-state index in [9.17, 15) is 0 Å². The van der Waals surface area contributed by atoms with E-state index in [-0.39, 0.29) is 30.9 Å². The number of nitrogens with zero attached hydrogens (tertiary/aromatic N) is 1. The average Bonchev–Trinajstić information content (AvgIpc) is 2.50. The molecule has 0 aromatic heterocycles. The van der Waals surface area contributed by atoms with Crippen LogP contribution in [0.1, 0.15) is 11.6 Å². The van der Waals surface area contributed by atoms with E-state index in [0.717, 1.165) is 31.7 Å². The third-order valence-electron chi connectivity index (χ3n) is 3.60. The zero-order chi connectivity index (χ0) is 14.5. The lowest BCUT2D eigenvalue weighted by Gasteiger charge is -2.34. The summed E-state index contributed by atoms with van der Waals surface area (Å²) >= 11 is 6.49. The van der Waals surface area contributed by atoms with Crippen LogP contribution in [0, 0.1) is 0 Å². The molecule has 1 fully saturated rings. The van der Waals surface area contributed by atoms with Gasteiger partial charge >= 0.3 is 0 Å². The third-order valence-corrected chi connectivity index (χ3v) is 3.99. The molecule has 1 aliphatic rings. The predicted molar refractivity (Wildman–Crippen MR) is 96.4 cm³/mol. The summed E-state index contributed by atoms with van der Waals surface area (Å²) in [5.41, 5.74) is 1.00. The number of hydrogen-bond acceptors (Lipinski definition) is 4. The fourth-order valence-corrected chi connectivity index (χ4v) is 2.91. The van der Waals surface area contributed by atoms with Crippen molar-refractivity contribution in [2.45, 2.75) is 6.04 Å². The van der Waals surface area contributed by atoms with E-state index in [1.807, 2.05) is 18.2 Å². The van der Waals surface area contributed by atoms with Gasteiger partial charge in [0.15, 0.2) is 11.5 Å². The number of ether oxygens (including phenoxy) is 2. The maximum absolute atomic E-state index is 6.49. The summed E-state index contributed by atoms with van der Waals surface area (Å²) in [7, 11) is 3.20. The Morgan fingerprint density at radius 2 is 1.86 bits per heavy atom. The Labute approximate surface area is 149 Å². The number of piperazine rings is 1. The molecule has 0 saturated carbocycles. The quantitative estimate of drug-likeness (QED) is 0.807. The number of halogens is 3. The summed E-state index contributed by atoms with van der Waals surface area (Å²) in [6.45, 7) is 7.87. The highest BCUT2D eigenvalue weighted by Crippen LogP contribution is 2.41. The standard InChI is InChI=1S/C15H21ClN2O2.2ClH/c1-4-12(18-9-7-17-8-10-18)11-5-6-13(19-2)15(20-3)14(11)16;;/h4-6,12,17H,1,7-10H2,2-3H3;2*1H/t12-;;/m1../s1. The van der Waals surface area contributed by atoms with Crippen molar-refractivity contribution < 1.29 is 9.47 Å². The molecule has 1 atom stereocenters. The van der Waals surface area contributed by atoms with Gasteiger partial charge in [0.2, 0.25) is 0 Å². The van der Waals surface area contributed by atoms with Gasteiger partial charge in [0, 0.05) is 26.2 Å². The first-order chi connectivity index (χ1) is 9.72. The lowest BCUT2D eigenvalue weighted by molar-refractivity contribution is 0.203. The van der Waals surface area contributed by atoms with Gasteiger partial charge in [0.05, 0.1) is 25.3 Å². The molecule has 126 valence electrons. The van der Waals surface area contributed by atoms with Crippen molar-refractivity contribution in [2.24, 2.45) is 0 Å². The lowest BCUT2D eigenvalue weighted by Crippen LogP contribution is -2.44. The highest BCUT2D eigenvalue weighted by Gasteiger charge is 2.24. The number of nitrogens with one attached hydrogen (secondary N) is 1. The summed E-state index contributed by atoms with van der Waals surface area (Å²) in [6.07, 6.45) is 1.93. The molecule has 1 aliphatic heterocycles. The molecule has 1 N–H and O–H groups in total. The third kappa shape index (κ3) is 4.43. The minimum Gasteiger partial charge on any atom is -0.493 e. The zero-order valence-corrected chi connectivity index (χ0v) is 15.2. The molecule has 0 bridgehead atoms. The van der Waals surface area contributed by atoms with Gasteiger partial charge in [-0.2, -0.15) is 0 Å². The second-order valence-electron chi connectivity index (χ2n) is 4.67. The minimum absolute atomic E-state index is 0. The van der Waals surface area contributed by atoms with Gasteiger partial charge in [-0.3, -0.25) is 4.90 Å². The molecule has 2 rings (SSSR count). The summed E-state index contributed by atoms with van der Waals surface area (Å²) in [5.74, 6) is 1.22. The monoisotopic (exact) mass is 368 g/mol. The van der Waals surface area contributed by atoms with Crippen molar-refractivity contribution in [1.82, 2.24) is 10.2 Å². The lowest BCUT2D eigenvalue weighted by atomic mass is 10.0. The summed E-state index contributed by atoms with van der Waals surface area (Å²) in [4.78, 5) is 2.36. The van der Waals surface area contributed by atoms with Gasteiger partial charge in [0.25, 0.3) is 0 Å². The largest absolute Gasteiger partial charge is 0.493 e. The molecule has 1 aromatic carbocycles. The van der Waals surface area contributed by atoms with Crippen LogP contribution in [0.2, 0.25) is 5.02 Å². The van der Waals surface area contributed by atoms with E-state index in [1.165, 1.54) is 0 Å². The highest BCUT2D eigenvalue weighted by molar-refractivity contribution is 6.33. The van der Waals surface area contributed by atoms with Gasteiger partial charge in [-0.15, -0.1) is 31.4 Å². The molecule has 0 amide bonds. The van der Waals surface area contributed by atoms with Crippen molar-refractivity contribution in [3.05, 3.63) is 35.4 Å². The summed E-state index contributed by atoms with van der Waals surface area (Å²) in [6, 6.07) is 3.96. The van der Waals surface area contributed by atoms with Crippen LogP contribution >= 0.6 is 36.4 Å². The van der Waals surface area contributed by atoms with Crippen molar-refractivity contribution >= 4 is 36.4 Å². The number of methoxy groups -OCH3 is 2. The summed E-state index contributed by atoms with van der Waals surface area (Å²) in [5, 5.41) is 3.94. The van der Waals surface area contributed by atoms with Crippen LogP contribution in [-0.4, -0.2) is 45.3 Å². The van der Waals surface area contributed by atoms with E-state index in [1.54, 1.807) is 14.2 Å². The van der Waals surface area contributed by atoms with E-state index < -0.39 is 0 Å². The normalized spacial score (nSPS) is 16.0. The predicted octanol–water partition coefficient (Wildman–Crippen LogP) is 3.33. The highest BCUT2D eigenvalue weighted by atomic mass is 35.5. The van der Waals surface area contributed by atoms with Gasteiger partial charge in [-0.1, -0.05) is 23.7 Å². The van der Waals surface area contributed by atoms with Crippen molar-refractivity contribution in [3.63, 3.8) is 0 Å². The fourth-order valence-electron chi connectivity index (χ4n) is 2.57. The average molecular weight is 370 g/mol. The van der Waals surface area contributed by atoms with E-state index in [4.69, 9.17) is 21.1 Å². The molecule has 1 heterocycles. The minimum atomic E-state index is 0. The first kappa shape index (κ1) is 21.4. The van der Waals surface area contributed by atoms with Crippen molar-refractivity contribution in [1.29, 1.82) is 0 Å². The van der Waals surface area contributed by atoms with Gasteiger partial charge in [0.1, 0.15) is 0 Å². The van der Waals surface area contributed by atoms with Gasteiger partial charge in [-0.05, 0) is 11.6 Å². The van der Waals surface area contributed by atoms with Crippen LogP contribution in [-0.2, 0) is 0 Å². The van der Waals surface area contributed by atoms with E-state index >= 15 is 0 Å². The van der Waals surface area contributed by atoms with Crippen molar-refractivity contribution in [3.8, 4) is 11.5 Å². The molecule has 0 unspecified atom stereocenters. The molecule has 1 saturated heterocycles. The number of hydrogen-bond donors (Lipinski definition) is 1. The molecule has 0 radical (unpaired) electrons. The Kier molecular flexibility index (Phi) is 9.89. The van der Waals surface area contributed by atoms with Crippen LogP contribution in [0.25, 0.3) is 0 Å². The molecule has 4 nitrogen and oxygen atoms in total. The Morgan fingerprint density at radius 1 is 1.23 bits per heavy atom. The topological polar surface area (TPSA) is 33.7 Å². The van der Waals surface area contributed by atoms with Crippen LogP contribution in [0.15, 0.2) is 24.8 Å². The molecule has 22 heavy (non-hydrogen) atoms. The van der Waals surface area contributed by atoms with Crippen LogP contribution in [0.3, 0.4) is 0 Å². The first-order valence-electron chi connectivity index (χ1n) is 6.70. The molecular formula is C15H23Cl3N2O2. The molecule has 1 aromatic rings. The van der Waals surface area contributed by atoms with Crippen LogP contribution < -0.4 is 14.8 Å². The Morgan fingerprint density at radius 3 is 2.36 bits per heavy atom. The van der Waals surface area contributed by atoms with Gasteiger partial charge < -0.3 is 14.8 Å². The molecular weight excluding hydrogens is 347 g/mol. The Balaban J connectivity index is 0.00000220.